The Labute approximate surface area is 276 Å². The first kappa shape index (κ1) is 31.8. The van der Waals surface area contributed by atoms with Gasteiger partial charge in [-0.1, -0.05) is 13.0 Å². The van der Waals surface area contributed by atoms with Crippen LogP contribution in [0.4, 0.5) is 5.69 Å². The van der Waals surface area contributed by atoms with E-state index in [2.05, 4.69) is 91.0 Å². The lowest BCUT2D eigenvalue weighted by Gasteiger charge is -2.53. The molecule has 7 rings (SSSR count). The highest BCUT2D eigenvalue weighted by Gasteiger charge is 2.44. The summed E-state index contributed by atoms with van der Waals surface area (Å²) < 4.78 is 9.95. The zero-order chi connectivity index (χ0) is 33.1. The zero-order valence-corrected chi connectivity index (χ0v) is 28.6. The number of ether oxygens (including phenoxy) is 1. The van der Waals surface area contributed by atoms with E-state index in [9.17, 15) is 9.59 Å². The van der Waals surface area contributed by atoms with Crippen LogP contribution in [0.1, 0.15) is 103 Å². The molecule has 11 nitrogen and oxygen atoms in total. The van der Waals surface area contributed by atoms with Crippen molar-refractivity contribution in [1.82, 2.24) is 34.3 Å². The van der Waals surface area contributed by atoms with Gasteiger partial charge in [-0.25, -0.2) is 4.68 Å². The SMILES string of the molecule is C[C@H]1CC[C@H](c2ccc3nn(C4CC(C)(C)N(C)C(C)(C)C4)cc3c2)N(C(=O)C(=O)Nc2cncc3cnn(C4CCCCO4)c23)C1. The lowest BCUT2D eigenvalue weighted by Crippen LogP contribution is -2.58. The molecule has 47 heavy (non-hydrogen) atoms. The molecule has 1 unspecified atom stereocenters. The van der Waals surface area contributed by atoms with Crippen LogP contribution in [0.25, 0.3) is 21.8 Å². The van der Waals surface area contributed by atoms with Gasteiger partial charge in [-0.3, -0.25) is 24.2 Å². The predicted molar refractivity (Wildman–Crippen MR) is 182 cm³/mol. The van der Waals surface area contributed by atoms with E-state index in [1.807, 2.05) is 4.68 Å². The van der Waals surface area contributed by atoms with Gasteiger partial charge >= 0.3 is 11.8 Å². The first-order valence-electron chi connectivity index (χ1n) is 17.2. The molecule has 3 aromatic heterocycles. The first-order valence-corrected chi connectivity index (χ1v) is 17.2. The van der Waals surface area contributed by atoms with Gasteiger partial charge in [-0.2, -0.15) is 10.2 Å². The van der Waals surface area contributed by atoms with E-state index < -0.39 is 11.8 Å². The minimum Gasteiger partial charge on any atom is -0.356 e. The summed E-state index contributed by atoms with van der Waals surface area (Å²) in [5.74, 6) is -0.914. The molecule has 1 N–H and O–H groups in total. The number of likely N-dealkylation sites (tertiary alicyclic amines) is 2. The number of carbonyl (C=O) groups is 2. The number of fused-ring (bicyclic) bond motifs is 2. The average Bonchev–Trinajstić information content (AvgIpc) is 3.68. The number of hydrogen-bond acceptors (Lipinski definition) is 7. The summed E-state index contributed by atoms with van der Waals surface area (Å²) in [5.41, 5.74) is 3.27. The van der Waals surface area contributed by atoms with Crippen molar-refractivity contribution in [2.45, 2.75) is 109 Å². The number of nitrogens with one attached hydrogen (secondary N) is 1. The van der Waals surface area contributed by atoms with Crippen molar-refractivity contribution < 1.29 is 14.3 Å². The van der Waals surface area contributed by atoms with E-state index in [1.165, 1.54) is 0 Å². The Hall–Kier alpha value is -3.83. The summed E-state index contributed by atoms with van der Waals surface area (Å²) in [7, 11) is 2.22. The van der Waals surface area contributed by atoms with E-state index >= 15 is 0 Å². The lowest BCUT2D eigenvalue weighted by molar-refractivity contribution is -0.146. The van der Waals surface area contributed by atoms with E-state index in [-0.39, 0.29) is 23.3 Å². The third-order valence-electron chi connectivity index (χ3n) is 11.0. The van der Waals surface area contributed by atoms with Gasteiger partial charge in [0.15, 0.2) is 6.23 Å². The molecule has 4 aromatic rings. The third-order valence-corrected chi connectivity index (χ3v) is 11.0. The van der Waals surface area contributed by atoms with Gasteiger partial charge < -0.3 is 15.0 Å². The zero-order valence-electron chi connectivity index (χ0n) is 28.6. The highest BCUT2D eigenvalue weighted by molar-refractivity contribution is 6.40. The normalized spacial score (nSPS) is 25.3. The van der Waals surface area contributed by atoms with Gasteiger partial charge in [0.2, 0.25) is 0 Å². The number of amides is 2. The van der Waals surface area contributed by atoms with Gasteiger partial charge in [-0.15, -0.1) is 0 Å². The van der Waals surface area contributed by atoms with Crippen molar-refractivity contribution in [2.75, 3.05) is 25.5 Å². The molecule has 0 spiro atoms. The summed E-state index contributed by atoms with van der Waals surface area (Å²) in [4.78, 5) is 36.2. The molecule has 0 radical (unpaired) electrons. The second kappa shape index (κ2) is 12.0. The molecular formula is C36H48N8O3. The highest BCUT2D eigenvalue weighted by atomic mass is 16.5. The molecule has 11 heteroatoms. The second-order valence-corrected chi connectivity index (χ2v) is 15.3. The molecule has 3 saturated heterocycles. The van der Waals surface area contributed by atoms with Crippen LogP contribution < -0.4 is 5.32 Å². The van der Waals surface area contributed by atoms with Crippen LogP contribution in [0, 0.1) is 5.92 Å². The van der Waals surface area contributed by atoms with Crippen LogP contribution >= 0.6 is 0 Å². The first-order chi connectivity index (χ1) is 22.4. The van der Waals surface area contributed by atoms with Gasteiger partial charge in [0.1, 0.15) is 0 Å². The number of benzene rings is 1. The second-order valence-electron chi connectivity index (χ2n) is 15.3. The molecule has 0 bridgehead atoms. The maximum atomic E-state index is 13.9. The quantitative estimate of drug-likeness (QED) is 0.263. The highest BCUT2D eigenvalue weighted by Crippen LogP contribution is 2.43. The van der Waals surface area contributed by atoms with E-state index in [4.69, 9.17) is 9.84 Å². The Balaban J connectivity index is 1.13. The number of rotatable bonds is 4. The number of pyridine rings is 1. The van der Waals surface area contributed by atoms with Gasteiger partial charge in [0.25, 0.3) is 0 Å². The number of carbonyl (C=O) groups excluding carboxylic acids is 2. The maximum absolute atomic E-state index is 13.9. The Kier molecular flexibility index (Phi) is 8.11. The summed E-state index contributed by atoms with van der Waals surface area (Å²) in [5, 5.41) is 14.3. The summed E-state index contributed by atoms with van der Waals surface area (Å²) in [6, 6.07) is 6.40. The predicted octanol–water partition coefficient (Wildman–Crippen LogP) is 6.24. The molecule has 3 aliphatic heterocycles. The monoisotopic (exact) mass is 640 g/mol. The molecule has 3 aliphatic rings. The van der Waals surface area contributed by atoms with Crippen molar-refractivity contribution in [2.24, 2.45) is 5.92 Å². The third kappa shape index (κ3) is 5.92. The summed E-state index contributed by atoms with van der Waals surface area (Å²) >= 11 is 0. The standard InChI is InChI=1S/C36H48N8O3/c1-23-10-13-30(24-11-12-28-25(15-24)22-43(40-28)27-16-35(2,3)41(6)36(4,5)17-27)42(21-23)34(46)33(45)39-29-20-37-18-26-19-38-44(32(26)29)31-9-7-8-14-47-31/h11-12,15,18-20,22-23,27,30-31H,7-10,13-14,16-17,21H2,1-6H3,(H,39,45)/t23-,30+,31?/m0/s1. The minimum absolute atomic E-state index is 0.0563. The van der Waals surface area contributed by atoms with Gasteiger partial charge in [0.05, 0.1) is 41.2 Å². The number of piperidine rings is 2. The number of hydrogen-bond donors (Lipinski definition) is 1. The summed E-state index contributed by atoms with van der Waals surface area (Å²) in [6.07, 6.45) is 13.7. The number of anilines is 1. The minimum atomic E-state index is -0.669. The molecular weight excluding hydrogens is 592 g/mol. The Morgan fingerprint density at radius 3 is 2.51 bits per heavy atom. The van der Waals surface area contributed by atoms with Crippen LogP contribution in [0.3, 0.4) is 0 Å². The summed E-state index contributed by atoms with van der Waals surface area (Å²) in [6.45, 7) is 12.6. The fourth-order valence-corrected chi connectivity index (χ4v) is 8.22. The number of aromatic nitrogens is 5. The van der Waals surface area contributed by atoms with Gasteiger partial charge in [0, 0.05) is 47.4 Å². The molecule has 2 amide bonds. The van der Waals surface area contributed by atoms with Crippen molar-refractivity contribution >= 4 is 39.3 Å². The molecule has 0 saturated carbocycles. The van der Waals surface area contributed by atoms with Crippen LogP contribution in [0.2, 0.25) is 0 Å². The van der Waals surface area contributed by atoms with Crippen LogP contribution in [-0.4, -0.2) is 77.4 Å². The molecule has 1 aromatic carbocycles. The lowest BCUT2D eigenvalue weighted by atomic mass is 9.77. The van der Waals surface area contributed by atoms with Crippen molar-refractivity contribution in [3.05, 3.63) is 48.5 Å². The average molecular weight is 641 g/mol. The van der Waals surface area contributed by atoms with E-state index in [1.54, 1.807) is 23.5 Å². The van der Waals surface area contributed by atoms with Crippen LogP contribution in [0.15, 0.2) is 43.0 Å². The Bertz CT molecular complexity index is 1780. The topological polar surface area (TPSA) is 110 Å². The number of nitrogens with zero attached hydrogens (tertiary/aromatic N) is 7. The van der Waals surface area contributed by atoms with Crippen LogP contribution in [0.5, 0.6) is 0 Å². The molecule has 0 aliphatic carbocycles. The smallest absolute Gasteiger partial charge is 0.314 e. The van der Waals surface area contributed by atoms with E-state index in [0.717, 1.165) is 72.3 Å². The van der Waals surface area contributed by atoms with Crippen LogP contribution in [-0.2, 0) is 14.3 Å². The fraction of sp³-hybridized carbons (Fsp3) is 0.583. The fourth-order valence-electron chi connectivity index (χ4n) is 8.22. The van der Waals surface area contributed by atoms with Crippen molar-refractivity contribution in [3.8, 4) is 0 Å². The van der Waals surface area contributed by atoms with Crippen molar-refractivity contribution in [1.29, 1.82) is 0 Å². The largest absolute Gasteiger partial charge is 0.356 e. The molecule has 3 atom stereocenters. The Morgan fingerprint density at radius 2 is 1.77 bits per heavy atom. The Morgan fingerprint density at radius 1 is 0.979 bits per heavy atom. The van der Waals surface area contributed by atoms with Crippen molar-refractivity contribution in [3.63, 3.8) is 0 Å². The molecule has 3 fully saturated rings. The van der Waals surface area contributed by atoms with Gasteiger partial charge in [-0.05, 0) is 103 Å². The molecule has 6 heterocycles. The van der Waals surface area contributed by atoms with E-state index in [0.29, 0.717) is 30.8 Å². The maximum Gasteiger partial charge on any atom is 0.314 e. The molecule has 250 valence electrons.